The van der Waals surface area contributed by atoms with Crippen LogP contribution in [-0.4, -0.2) is 248 Å². The van der Waals surface area contributed by atoms with Crippen molar-refractivity contribution in [2.75, 3.05) is 49.4 Å². The zero-order chi connectivity index (χ0) is 93.3. The number of ketones is 6. The van der Waals surface area contributed by atoms with E-state index in [4.69, 9.17) is 5.26 Å². The van der Waals surface area contributed by atoms with Crippen LogP contribution in [0.3, 0.4) is 0 Å². The van der Waals surface area contributed by atoms with Crippen molar-refractivity contribution in [1.82, 2.24) is 29.4 Å². The highest BCUT2D eigenvalue weighted by Gasteiger charge is 2.41. The average Bonchev–Trinajstić information content (AvgIpc) is 0.873. The molecule has 18 atom stereocenters. The molecule has 0 aliphatic rings. The van der Waals surface area contributed by atoms with Gasteiger partial charge in [0.05, 0.1) is 79.9 Å². The highest BCUT2D eigenvalue weighted by molar-refractivity contribution is 5.89. The molecule has 684 valence electrons. The van der Waals surface area contributed by atoms with Gasteiger partial charge in [-0.15, -0.1) is 0 Å². The lowest BCUT2D eigenvalue weighted by Crippen LogP contribution is -2.53. The number of hydrogen-bond donors (Lipinski definition) is 5. The molecule has 0 bridgehead atoms. The Bertz CT molecular complexity index is 2860. The van der Waals surface area contributed by atoms with Gasteiger partial charge in [0.25, 0.3) is 0 Å². The molecule has 0 aromatic heterocycles. The van der Waals surface area contributed by atoms with Crippen LogP contribution in [0.2, 0.25) is 0 Å². The first-order chi connectivity index (χ1) is 53.8. The molecular formula is C97H183N7O13. The zero-order valence-corrected chi connectivity index (χ0v) is 82.4. The van der Waals surface area contributed by atoms with Gasteiger partial charge in [-0.3, -0.25) is 58.2 Å². The van der Waals surface area contributed by atoms with Crippen LogP contribution in [-0.2, 0) is 38.3 Å². The fourth-order valence-corrected chi connectivity index (χ4v) is 12.4. The van der Waals surface area contributed by atoms with E-state index in [9.17, 15) is 59.1 Å². The third-order valence-electron chi connectivity index (χ3n) is 22.5. The van der Waals surface area contributed by atoms with E-state index < -0.39 is 60.7 Å². The second-order valence-electron chi connectivity index (χ2n) is 36.2. The minimum atomic E-state index is -0.813. The van der Waals surface area contributed by atoms with Crippen LogP contribution >= 0.6 is 0 Å². The van der Waals surface area contributed by atoms with Gasteiger partial charge in [-0.05, 0) is 163 Å². The maximum absolute atomic E-state index is 12.6. The first kappa shape index (κ1) is 123. The normalized spacial score (nSPS) is 17.1. The molecule has 0 amide bonds. The number of aliphatic hydroxyl groups excluding tert-OH is 5. The highest BCUT2D eigenvalue weighted by Crippen LogP contribution is 2.28. The van der Waals surface area contributed by atoms with Crippen molar-refractivity contribution < 1.29 is 63.8 Å². The third kappa shape index (κ3) is 47.3. The highest BCUT2D eigenvalue weighted by atomic mass is 16.5. The quantitative estimate of drug-likeness (QED) is 0.0164. The summed E-state index contributed by atoms with van der Waals surface area (Å²) in [5.74, 6) is -0.135. The molecule has 0 aromatic carbocycles. The standard InChI is InChI=1S/C17H31NO3.2C17H33NO2.C16H31NO2.C15H26N2O2.C15H29NO2/c1-11(2)17(20)16(18(7)12(3)4)14(6)13(5)9-10-15(19)21-8;2*1-8-9-10-11-14(6)17(20)15(16(19)12(2)3)18(7)13(4)5;1-8-9-10-13(6)16(19)14(15(18)11(2)3)17(7)12(4)5;1-10(2)14(18)13(17(6)11(3)4)15(19)12(5)8-7-9-16;1-8-9-12(6)15(18)13(14(17)10(2)3)16(7)11(4)5/h9-14,16H,1-8H3;2*10-15,17,20H,8-9H2,1-7H3;9-14,16,19H,8H2,1-7H3;7-8,10-13,15,19H,1-6H3;8-13,15,18H,1-7H3/b10-9+;11-10-;;10-9-;8-7+;9-8-/t13-,14-,16+;2*14-,15-,17-;13-,14-,16-;2*12-,13-,15-/m111111/s1. The number of carbonyl (C=O) groups excluding carboxylic acids is 7. The van der Waals surface area contributed by atoms with Crippen molar-refractivity contribution in [2.45, 2.75) is 377 Å². The Morgan fingerprint density at radius 1 is 0.325 bits per heavy atom. The van der Waals surface area contributed by atoms with E-state index in [-0.39, 0.29) is 160 Å². The molecule has 0 heterocycles. The first-order valence-corrected chi connectivity index (χ1v) is 44.2. The molecule has 117 heavy (non-hydrogen) atoms. The van der Waals surface area contributed by atoms with Crippen LogP contribution in [0.15, 0.2) is 72.9 Å². The van der Waals surface area contributed by atoms with Crippen LogP contribution in [0, 0.1) is 88.3 Å². The molecule has 20 heteroatoms. The van der Waals surface area contributed by atoms with Gasteiger partial charge in [-0.1, -0.05) is 226 Å². The maximum atomic E-state index is 12.6. The topological polar surface area (TPSA) is 273 Å². The summed E-state index contributed by atoms with van der Waals surface area (Å²) < 4.78 is 4.61. The lowest BCUT2D eigenvalue weighted by molar-refractivity contribution is -0.135. The number of hydrogen-bond acceptors (Lipinski definition) is 20. The molecule has 5 N–H and O–H groups in total. The summed E-state index contributed by atoms with van der Waals surface area (Å²) in [6.07, 6.45) is 24.1. The van der Waals surface area contributed by atoms with Crippen LogP contribution < -0.4 is 0 Å². The molecule has 0 spiro atoms. The molecular weight excluding hydrogens is 1470 g/mol. The minimum Gasteiger partial charge on any atom is -0.466 e. The number of Topliss-reactive ketones (excluding diaryl/α,β-unsaturated/α-hetero) is 6. The zero-order valence-electron chi connectivity index (χ0n) is 82.4. The summed E-state index contributed by atoms with van der Waals surface area (Å²) in [5, 5.41) is 61.1. The number of nitrogens with zero attached hydrogens (tertiary/aromatic N) is 7. The van der Waals surface area contributed by atoms with Gasteiger partial charge in [-0.25, -0.2) is 4.79 Å². The summed E-state index contributed by atoms with van der Waals surface area (Å²) in [5.41, 5.74) is 0. The number of allylic oxidation sites excluding steroid dienone is 6. The number of esters is 1. The Morgan fingerprint density at radius 2 is 0.538 bits per heavy atom. The van der Waals surface area contributed by atoms with E-state index >= 15 is 0 Å². The molecule has 0 unspecified atom stereocenters. The Hall–Kier alpha value is -5.02. The van der Waals surface area contributed by atoms with E-state index in [1.807, 2.05) is 316 Å². The summed E-state index contributed by atoms with van der Waals surface area (Å²) in [6, 6.07) is 0.833. The molecule has 20 nitrogen and oxygen atoms in total. The second kappa shape index (κ2) is 65.7. The van der Waals surface area contributed by atoms with Crippen LogP contribution in [0.5, 0.6) is 0 Å². The molecule has 0 aromatic rings. The Kier molecular flexibility index (Phi) is 68.9. The first-order valence-electron chi connectivity index (χ1n) is 44.2. The number of unbranched alkanes of at least 4 members (excludes halogenated alkanes) is 2. The smallest absolute Gasteiger partial charge is 0.330 e. The van der Waals surface area contributed by atoms with Crippen molar-refractivity contribution in [3.8, 4) is 6.07 Å². The van der Waals surface area contributed by atoms with Gasteiger partial charge >= 0.3 is 5.97 Å². The fourth-order valence-electron chi connectivity index (χ4n) is 12.4. The van der Waals surface area contributed by atoms with Gasteiger partial charge in [-0.2, -0.15) is 5.26 Å². The Morgan fingerprint density at radius 3 is 0.735 bits per heavy atom. The molecule has 0 rings (SSSR count). The van der Waals surface area contributed by atoms with Crippen LogP contribution in [0.25, 0.3) is 0 Å². The van der Waals surface area contributed by atoms with Crippen molar-refractivity contribution in [1.29, 1.82) is 5.26 Å². The fraction of sp³-hybridized carbons (Fsp3) is 0.794. The van der Waals surface area contributed by atoms with Crippen LogP contribution in [0.1, 0.15) is 274 Å². The summed E-state index contributed by atoms with van der Waals surface area (Å²) in [6.45, 7) is 69.2. The van der Waals surface area contributed by atoms with E-state index in [1.165, 1.54) is 19.3 Å². The number of carbonyl (C=O) groups is 7. The predicted octanol–water partition coefficient (Wildman–Crippen LogP) is 16.8. The number of rotatable bonds is 48. The van der Waals surface area contributed by atoms with E-state index in [2.05, 4.69) is 63.3 Å². The number of nitriles is 1. The largest absolute Gasteiger partial charge is 0.466 e. The summed E-state index contributed by atoms with van der Waals surface area (Å²) in [7, 11) is 12.8. The van der Waals surface area contributed by atoms with Gasteiger partial charge in [0, 0.05) is 114 Å². The average molecular weight is 1660 g/mol. The monoisotopic (exact) mass is 1650 g/mol. The number of ether oxygens (including phenoxy) is 1. The van der Waals surface area contributed by atoms with Gasteiger partial charge < -0.3 is 30.3 Å². The van der Waals surface area contributed by atoms with Crippen molar-refractivity contribution >= 4 is 40.7 Å². The van der Waals surface area contributed by atoms with Crippen LogP contribution in [0.4, 0.5) is 0 Å². The second-order valence-corrected chi connectivity index (χ2v) is 36.2. The van der Waals surface area contributed by atoms with Crippen molar-refractivity contribution in [2.24, 2.45) is 76.9 Å². The van der Waals surface area contributed by atoms with Crippen molar-refractivity contribution in [3.63, 3.8) is 0 Å². The lowest BCUT2D eigenvalue weighted by atomic mass is 9.82. The van der Waals surface area contributed by atoms with Gasteiger partial charge in [0.2, 0.25) is 0 Å². The van der Waals surface area contributed by atoms with Crippen molar-refractivity contribution in [3.05, 3.63) is 72.9 Å². The Labute approximate surface area is 718 Å². The lowest BCUT2D eigenvalue weighted by Gasteiger charge is -2.37. The van der Waals surface area contributed by atoms with Gasteiger partial charge in [0.15, 0.2) is 34.7 Å². The number of methoxy groups -OCH3 is 1. The molecule has 0 aliphatic carbocycles. The third-order valence-corrected chi connectivity index (χ3v) is 22.5. The van der Waals surface area contributed by atoms with E-state index in [0.717, 1.165) is 32.1 Å². The summed E-state index contributed by atoms with van der Waals surface area (Å²) in [4.78, 5) is 97.6. The molecule has 0 radical (unpaired) electrons. The predicted molar refractivity (Wildman–Crippen MR) is 492 cm³/mol. The summed E-state index contributed by atoms with van der Waals surface area (Å²) >= 11 is 0. The number of likely N-dealkylation sites (N-methyl/N-ethyl adjacent to an activating group) is 6. The minimum absolute atomic E-state index is 0.00423. The maximum Gasteiger partial charge on any atom is 0.330 e. The number of aliphatic hydroxyl groups is 5. The molecule has 0 saturated heterocycles. The SMILES string of the molecule is C/C=C\[C@@H](C)[C@@H](O)[C@@H](C(=O)C(C)C)N(C)C(C)C.CC(C)C(=O)[C@H]([C@H](O)[C@H](C)/C=C/C#N)N(C)C(C)C.CC/C=C\[C@@H](C)[C@@H](O)[C@@H](C(=O)C(C)C)N(C)C(C)C.CCC/C=C\[C@@H](C)[C@@H](O)[C@@H](C(=O)C(C)C)N(C)C(C)C.CCCC=C[C@@H](C)[C@@H](O)[C@@H](C(=O)C(C)C)N(C)C(C)C.COC(=O)/C=C/[C@@H](C)[C@@H](C)[C@@H](C(=O)C(C)C)N(C)C(C)C. The molecule has 0 aliphatic heterocycles. The van der Waals surface area contributed by atoms with E-state index in [0.29, 0.717) is 0 Å². The van der Waals surface area contributed by atoms with E-state index in [1.54, 1.807) is 6.08 Å². The molecule has 0 saturated carbocycles. The molecule has 0 fully saturated rings. The Balaban J connectivity index is -0.000000316. The van der Waals surface area contributed by atoms with Gasteiger partial charge in [0.1, 0.15) is 0 Å².